The molecule has 27 heavy (non-hydrogen) atoms. The maximum Gasteiger partial charge on any atom is 0.332 e. The number of nitrogens with one attached hydrogen (secondary N) is 1. The number of hydrogen-bond acceptors (Lipinski definition) is 5. The summed E-state index contributed by atoms with van der Waals surface area (Å²) in [4.78, 5) is 29.2. The monoisotopic (exact) mass is 366 g/mol. The third kappa shape index (κ3) is 3.46. The maximum atomic E-state index is 12.6. The van der Waals surface area contributed by atoms with E-state index in [1.807, 2.05) is 38.1 Å². The Balaban J connectivity index is 2.09. The summed E-state index contributed by atoms with van der Waals surface area (Å²) in [6.45, 7) is 8.17. The van der Waals surface area contributed by atoms with Gasteiger partial charge in [0.15, 0.2) is 11.2 Å². The van der Waals surface area contributed by atoms with E-state index >= 15 is 0 Å². The Kier molecular flexibility index (Phi) is 4.81. The highest BCUT2D eigenvalue weighted by Gasteiger charge is 2.18. The summed E-state index contributed by atoms with van der Waals surface area (Å²) in [6.07, 6.45) is 1.67. The van der Waals surface area contributed by atoms with Crippen LogP contribution in [-0.4, -0.2) is 24.9 Å². The Hall–Kier alpha value is -3.42. The molecule has 1 aromatic carbocycles. The molecule has 0 saturated carbocycles. The SMILES string of the molecule is C=C(C)Cn1c(N/N=C/c2ccc(C)cc2)nc2c1c(=O)n(C)c(=O)n2C. The van der Waals surface area contributed by atoms with E-state index in [0.717, 1.165) is 15.7 Å². The van der Waals surface area contributed by atoms with Gasteiger partial charge >= 0.3 is 5.69 Å². The number of hydrazone groups is 1. The van der Waals surface area contributed by atoms with Crippen molar-refractivity contribution in [3.8, 4) is 0 Å². The molecule has 0 aliphatic heterocycles. The molecule has 0 saturated heterocycles. The lowest BCUT2D eigenvalue weighted by atomic mass is 10.2. The van der Waals surface area contributed by atoms with Gasteiger partial charge in [-0.05, 0) is 19.4 Å². The van der Waals surface area contributed by atoms with Crippen LogP contribution in [0.4, 0.5) is 5.95 Å². The van der Waals surface area contributed by atoms with Crippen molar-refractivity contribution in [3.63, 3.8) is 0 Å². The minimum atomic E-state index is -0.429. The number of rotatable bonds is 5. The first-order valence-corrected chi connectivity index (χ1v) is 8.46. The minimum absolute atomic E-state index is 0.303. The average Bonchev–Trinajstić information content (AvgIpc) is 2.98. The van der Waals surface area contributed by atoms with Crippen molar-refractivity contribution in [2.75, 3.05) is 5.43 Å². The molecule has 2 aromatic heterocycles. The van der Waals surface area contributed by atoms with Gasteiger partial charge in [0.05, 0.1) is 6.21 Å². The predicted molar refractivity (Wildman–Crippen MR) is 107 cm³/mol. The number of aromatic nitrogens is 4. The van der Waals surface area contributed by atoms with Gasteiger partial charge in [-0.25, -0.2) is 10.2 Å². The summed E-state index contributed by atoms with van der Waals surface area (Å²) in [5.41, 5.74) is 5.62. The molecule has 2 heterocycles. The van der Waals surface area contributed by atoms with E-state index in [4.69, 9.17) is 0 Å². The molecule has 0 atom stereocenters. The van der Waals surface area contributed by atoms with E-state index in [-0.39, 0.29) is 0 Å². The van der Waals surface area contributed by atoms with Gasteiger partial charge in [-0.1, -0.05) is 42.0 Å². The van der Waals surface area contributed by atoms with Gasteiger partial charge in [0.25, 0.3) is 5.56 Å². The Morgan fingerprint density at radius 2 is 1.89 bits per heavy atom. The van der Waals surface area contributed by atoms with Gasteiger partial charge in [0.1, 0.15) is 0 Å². The van der Waals surface area contributed by atoms with Crippen molar-refractivity contribution in [1.29, 1.82) is 0 Å². The second-order valence-corrected chi connectivity index (χ2v) is 6.64. The van der Waals surface area contributed by atoms with E-state index in [9.17, 15) is 9.59 Å². The fourth-order valence-electron chi connectivity index (χ4n) is 2.77. The zero-order valence-corrected chi connectivity index (χ0v) is 15.9. The van der Waals surface area contributed by atoms with Crippen LogP contribution in [0.3, 0.4) is 0 Å². The number of aryl methyl sites for hydroxylation is 2. The van der Waals surface area contributed by atoms with Crippen LogP contribution in [-0.2, 0) is 20.6 Å². The van der Waals surface area contributed by atoms with E-state index in [1.165, 1.54) is 17.2 Å². The zero-order chi connectivity index (χ0) is 19.7. The third-order valence-corrected chi connectivity index (χ3v) is 4.23. The van der Waals surface area contributed by atoms with E-state index in [1.54, 1.807) is 17.8 Å². The standard InChI is InChI=1S/C19H22N6O2/c1-12(2)11-25-15-16(23(4)19(27)24(5)17(15)26)21-18(25)22-20-10-14-8-6-13(3)7-9-14/h6-10H,1,11H2,2-5H3,(H,21,22)/b20-10+. The van der Waals surface area contributed by atoms with E-state index in [2.05, 4.69) is 22.1 Å². The van der Waals surface area contributed by atoms with Gasteiger partial charge in [0.2, 0.25) is 5.95 Å². The van der Waals surface area contributed by atoms with Crippen molar-refractivity contribution < 1.29 is 0 Å². The van der Waals surface area contributed by atoms with Gasteiger partial charge in [-0.3, -0.25) is 18.5 Å². The average molecular weight is 366 g/mol. The van der Waals surface area contributed by atoms with Crippen LogP contribution in [0.1, 0.15) is 18.1 Å². The van der Waals surface area contributed by atoms with Gasteiger partial charge in [0, 0.05) is 20.6 Å². The van der Waals surface area contributed by atoms with Crippen LogP contribution in [0.2, 0.25) is 0 Å². The summed E-state index contributed by atoms with van der Waals surface area (Å²) in [5, 5.41) is 4.22. The Labute approximate surface area is 156 Å². The van der Waals surface area contributed by atoms with Crippen LogP contribution < -0.4 is 16.7 Å². The summed E-state index contributed by atoms with van der Waals surface area (Å²) in [6, 6.07) is 7.90. The van der Waals surface area contributed by atoms with Crippen LogP contribution in [0.25, 0.3) is 11.2 Å². The lowest BCUT2D eigenvalue weighted by molar-refractivity contribution is 0.702. The quantitative estimate of drug-likeness (QED) is 0.424. The maximum absolute atomic E-state index is 12.6. The predicted octanol–water partition coefficient (Wildman–Crippen LogP) is 1.76. The fourth-order valence-corrected chi connectivity index (χ4v) is 2.77. The topological polar surface area (TPSA) is 86.2 Å². The largest absolute Gasteiger partial charge is 0.332 e. The molecule has 0 amide bonds. The van der Waals surface area contributed by atoms with Crippen LogP contribution in [0.15, 0.2) is 51.1 Å². The van der Waals surface area contributed by atoms with Gasteiger partial charge < -0.3 is 0 Å². The number of fused-ring (bicyclic) bond motifs is 1. The first kappa shape index (κ1) is 18.4. The highest BCUT2D eigenvalue weighted by molar-refractivity contribution is 5.80. The zero-order valence-electron chi connectivity index (χ0n) is 15.9. The molecule has 8 heteroatoms. The van der Waals surface area contributed by atoms with Gasteiger partial charge in [-0.2, -0.15) is 10.1 Å². The molecule has 0 aliphatic rings. The van der Waals surface area contributed by atoms with Crippen molar-refractivity contribution in [1.82, 2.24) is 18.7 Å². The number of allylic oxidation sites excluding steroid dienone is 1. The molecule has 8 nitrogen and oxygen atoms in total. The minimum Gasteiger partial charge on any atom is -0.299 e. The smallest absolute Gasteiger partial charge is 0.299 e. The molecule has 3 rings (SSSR count). The number of nitrogens with zero attached hydrogens (tertiary/aromatic N) is 5. The molecule has 0 spiro atoms. The third-order valence-electron chi connectivity index (χ3n) is 4.23. The second-order valence-electron chi connectivity index (χ2n) is 6.64. The number of anilines is 1. The second kappa shape index (κ2) is 7.06. The van der Waals surface area contributed by atoms with Gasteiger partial charge in [-0.15, -0.1) is 0 Å². The van der Waals surface area contributed by atoms with Crippen LogP contribution >= 0.6 is 0 Å². The lowest BCUT2D eigenvalue weighted by Gasteiger charge is -2.08. The summed E-state index contributed by atoms with van der Waals surface area (Å²) >= 11 is 0. The first-order valence-electron chi connectivity index (χ1n) is 8.46. The molecule has 3 aromatic rings. The number of imidazole rings is 1. The Morgan fingerprint density at radius 3 is 2.52 bits per heavy atom. The Morgan fingerprint density at radius 1 is 1.22 bits per heavy atom. The molecular formula is C19H22N6O2. The number of hydrogen-bond donors (Lipinski definition) is 1. The summed E-state index contributed by atoms with van der Waals surface area (Å²) in [5.74, 6) is 0.370. The summed E-state index contributed by atoms with van der Waals surface area (Å²) in [7, 11) is 3.03. The van der Waals surface area contributed by atoms with Crippen molar-refractivity contribution in [2.45, 2.75) is 20.4 Å². The van der Waals surface area contributed by atoms with Crippen LogP contribution in [0, 0.1) is 6.92 Å². The molecule has 0 radical (unpaired) electrons. The molecule has 0 bridgehead atoms. The van der Waals surface area contributed by atoms with Crippen LogP contribution in [0.5, 0.6) is 0 Å². The molecule has 0 aliphatic carbocycles. The summed E-state index contributed by atoms with van der Waals surface area (Å²) < 4.78 is 4.10. The molecule has 0 fully saturated rings. The van der Waals surface area contributed by atoms with E-state index < -0.39 is 11.2 Å². The van der Waals surface area contributed by atoms with Crippen molar-refractivity contribution in [3.05, 3.63) is 68.4 Å². The molecule has 1 N–H and O–H groups in total. The first-order chi connectivity index (χ1) is 12.8. The van der Waals surface area contributed by atoms with Crippen molar-refractivity contribution in [2.24, 2.45) is 19.2 Å². The molecular weight excluding hydrogens is 344 g/mol. The fraction of sp³-hybridized carbons (Fsp3) is 0.263. The van der Waals surface area contributed by atoms with E-state index in [0.29, 0.717) is 23.7 Å². The molecule has 140 valence electrons. The highest BCUT2D eigenvalue weighted by Crippen LogP contribution is 2.17. The molecule has 0 unspecified atom stereocenters. The van der Waals surface area contributed by atoms with Crippen molar-refractivity contribution >= 4 is 23.3 Å². The lowest BCUT2D eigenvalue weighted by Crippen LogP contribution is -2.37. The highest BCUT2D eigenvalue weighted by atomic mass is 16.2. The normalized spacial score (nSPS) is 11.4. The Bertz CT molecular complexity index is 1160. The number of benzene rings is 1.